The van der Waals surface area contributed by atoms with E-state index >= 15 is 4.39 Å². The molecular formula is C31H30F4N4O7S2. The summed E-state index contributed by atoms with van der Waals surface area (Å²) in [5.41, 5.74) is 1.18. The summed E-state index contributed by atoms with van der Waals surface area (Å²) in [5, 5.41) is 7.14. The minimum Gasteiger partial charge on any atom is -0.405 e. The second-order valence-electron chi connectivity index (χ2n) is 12.2. The number of amides is 1. The summed E-state index contributed by atoms with van der Waals surface area (Å²) in [6.07, 6.45) is -0.173. The Morgan fingerprint density at radius 2 is 1.85 bits per heavy atom. The molecule has 1 unspecified atom stereocenters. The van der Waals surface area contributed by atoms with Gasteiger partial charge in [-0.15, -0.1) is 13.2 Å². The number of para-hydroxylation sites is 1. The third kappa shape index (κ3) is 6.99. The van der Waals surface area contributed by atoms with Gasteiger partial charge in [0.15, 0.2) is 10.9 Å². The average molecular weight is 711 g/mol. The van der Waals surface area contributed by atoms with Crippen LogP contribution in [0.4, 0.5) is 22.7 Å². The number of fused-ring (bicyclic) bond motifs is 3. The van der Waals surface area contributed by atoms with Crippen LogP contribution in [0.3, 0.4) is 0 Å². The Hall–Kier alpha value is -3.80. The fourth-order valence-electron chi connectivity index (χ4n) is 6.61. The SMILES string of the molecule is O=C(NCCS(=O)(=O)O)c1cc(F)c2nc(N3[C@@H]4CC[C@H]3CC(OCc3c(-c5ccccc5OC(F)(F)F)noc3C3CC3)C4)sc2c1. The molecule has 4 heterocycles. The largest absolute Gasteiger partial charge is 0.573 e. The van der Waals surface area contributed by atoms with E-state index in [9.17, 15) is 26.4 Å². The number of ether oxygens (including phenoxy) is 2. The van der Waals surface area contributed by atoms with Gasteiger partial charge < -0.3 is 24.2 Å². The maximum atomic E-state index is 15.1. The molecule has 1 amide bonds. The van der Waals surface area contributed by atoms with E-state index in [-0.39, 0.29) is 65.3 Å². The molecule has 3 fully saturated rings. The highest BCUT2D eigenvalue weighted by atomic mass is 32.2. The monoisotopic (exact) mass is 710 g/mol. The van der Waals surface area contributed by atoms with Crippen molar-refractivity contribution in [3.8, 4) is 17.0 Å². The van der Waals surface area contributed by atoms with Crippen LogP contribution in [0.1, 0.15) is 66.1 Å². The number of carbonyl (C=O) groups excluding carboxylic acids is 1. The van der Waals surface area contributed by atoms with Crippen LogP contribution in [0.15, 0.2) is 40.9 Å². The molecule has 0 radical (unpaired) electrons. The predicted octanol–water partition coefficient (Wildman–Crippen LogP) is 6.20. The molecule has 2 bridgehead atoms. The summed E-state index contributed by atoms with van der Waals surface area (Å²) >= 11 is 1.26. The van der Waals surface area contributed by atoms with Crippen LogP contribution < -0.4 is 15.0 Å². The van der Waals surface area contributed by atoms with Crippen molar-refractivity contribution in [1.82, 2.24) is 15.5 Å². The van der Waals surface area contributed by atoms with Gasteiger partial charge in [0.1, 0.15) is 22.7 Å². The Balaban J connectivity index is 1.06. The third-order valence-electron chi connectivity index (χ3n) is 8.85. The molecule has 3 atom stereocenters. The first-order valence-electron chi connectivity index (χ1n) is 15.4. The lowest BCUT2D eigenvalue weighted by Gasteiger charge is -2.38. The van der Waals surface area contributed by atoms with Gasteiger partial charge in [-0.3, -0.25) is 9.35 Å². The van der Waals surface area contributed by atoms with Crippen LogP contribution in [-0.4, -0.2) is 65.9 Å². The molecule has 17 heteroatoms. The minimum atomic E-state index is -4.87. The molecule has 3 aliphatic rings. The van der Waals surface area contributed by atoms with Crippen molar-refractivity contribution in [2.45, 2.75) is 75.6 Å². The van der Waals surface area contributed by atoms with Crippen molar-refractivity contribution in [2.75, 3.05) is 17.2 Å². The van der Waals surface area contributed by atoms with E-state index in [1.165, 1.54) is 35.6 Å². The Bertz CT molecular complexity index is 1950. The third-order valence-corrected chi connectivity index (χ3v) is 10.6. The average Bonchev–Trinajstić information content (AvgIpc) is 3.52. The lowest BCUT2D eigenvalue weighted by Crippen LogP contribution is -2.45. The molecule has 2 saturated heterocycles. The standard InChI is InChI=1S/C31H30F4N4O7S2/c32-23-11-17(29(40)36-9-10-48(41,42)43)12-25-27(23)37-30(47-25)39-18-7-8-19(39)14-20(13-18)44-15-22-26(38-46-28(22)16-5-6-16)21-3-1-2-4-24(21)45-31(33,34)35/h1-4,11-12,16,18-20H,5-10,13-15H2,(H,36,40)(H,41,42,43)/t18-,19+,20?. The van der Waals surface area contributed by atoms with Gasteiger partial charge in [-0.1, -0.05) is 28.6 Å². The number of piperidine rings is 1. The molecule has 4 aromatic rings. The number of anilines is 1. The number of halogens is 4. The van der Waals surface area contributed by atoms with Crippen molar-refractivity contribution in [2.24, 2.45) is 0 Å². The van der Waals surface area contributed by atoms with Crippen molar-refractivity contribution in [1.29, 1.82) is 0 Å². The fraction of sp³-hybridized carbons (Fsp3) is 0.452. The van der Waals surface area contributed by atoms with Gasteiger partial charge >= 0.3 is 6.36 Å². The highest BCUT2D eigenvalue weighted by Crippen LogP contribution is 2.47. The van der Waals surface area contributed by atoms with Gasteiger partial charge in [0, 0.05) is 41.2 Å². The maximum Gasteiger partial charge on any atom is 0.573 e. The van der Waals surface area contributed by atoms with E-state index < -0.39 is 34.0 Å². The number of nitrogens with one attached hydrogen (secondary N) is 1. The molecule has 256 valence electrons. The summed E-state index contributed by atoms with van der Waals surface area (Å²) in [6, 6.07) is 8.50. The Morgan fingerprint density at radius 1 is 1.12 bits per heavy atom. The maximum absolute atomic E-state index is 15.1. The summed E-state index contributed by atoms with van der Waals surface area (Å²) in [6.45, 7) is -0.220. The van der Waals surface area contributed by atoms with Gasteiger partial charge in [-0.25, -0.2) is 9.37 Å². The first-order valence-corrected chi connectivity index (χ1v) is 17.8. The highest BCUT2D eigenvalue weighted by molar-refractivity contribution is 7.85. The van der Waals surface area contributed by atoms with Gasteiger partial charge in [0.25, 0.3) is 16.0 Å². The van der Waals surface area contributed by atoms with Crippen LogP contribution in [-0.2, 0) is 21.5 Å². The number of rotatable bonds is 11. The second-order valence-corrected chi connectivity index (χ2v) is 14.8. The molecule has 11 nitrogen and oxygen atoms in total. The number of benzene rings is 2. The smallest absolute Gasteiger partial charge is 0.405 e. The van der Waals surface area contributed by atoms with Crippen molar-refractivity contribution in [3.63, 3.8) is 0 Å². The molecule has 2 aliphatic heterocycles. The zero-order valence-electron chi connectivity index (χ0n) is 25.2. The Kier molecular flexibility index (Phi) is 8.58. The molecule has 48 heavy (non-hydrogen) atoms. The number of alkyl halides is 3. The summed E-state index contributed by atoms with van der Waals surface area (Å²) in [5.74, 6) is -1.63. The van der Waals surface area contributed by atoms with Crippen LogP contribution >= 0.6 is 11.3 Å². The van der Waals surface area contributed by atoms with E-state index in [1.54, 1.807) is 6.07 Å². The van der Waals surface area contributed by atoms with E-state index in [2.05, 4.69) is 25.1 Å². The van der Waals surface area contributed by atoms with E-state index in [4.69, 9.17) is 13.8 Å². The number of nitrogens with zero attached hydrogens (tertiary/aromatic N) is 3. The molecule has 1 saturated carbocycles. The number of hydrogen-bond acceptors (Lipinski definition) is 10. The van der Waals surface area contributed by atoms with Crippen LogP contribution in [0, 0.1) is 5.82 Å². The number of aromatic nitrogens is 2. The van der Waals surface area contributed by atoms with Crippen LogP contribution in [0.25, 0.3) is 21.5 Å². The molecular weight excluding hydrogens is 680 g/mol. The van der Waals surface area contributed by atoms with E-state index in [0.29, 0.717) is 34.0 Å². The van der Waals surface area contributed by atoms with Gasteiger partial charge in [0.05, 0.1) is 23.2 Å². The normalized spacial score (nSPS) is 21.2. The van der Waals surface area contributed by atoms with Crippen LogP contribution in [0.2, 0.25) is 0 Å². The lowest BCUT2D eigenvalue weighted by atomic mass is 10.00. The fourth-order valence-corrected chi connectivity index (χ4v) is 8.13. The second kappa shape index (κ2) is 12.6. The minimum absolute atomic E-state index is 0.00637. The predicted molar refractivity (Wildman–Crippen MR) is 166 cm³/mol. The topological polar surface area (TPSA) is 144 Å². The Morgan fingerprint density at radius 3 is 2.54 bits per heavy atom. The van der Waals surface area contributed by atoms with Crippen molar-refractivity contribution >= 4 is 42.7 Å². The van der Waals surface area contributed by atoms with E-state index in [1.807, 2.05) is 0 Å². The lowest BCUT2D eigenvalue weighted by molar-refractivity contribution is -0.274. The van der Waals surface area contributed by atoms with Crippen molar-refractivity contribution in [3.05, 3.63) is 59.1 Å². The molecule has 2 N–H and O–H groups in total. The Labute approximate surface area is 275 Å². The summed E-state index contributed by atoms with van der Waals surface area (Å²) in [7, 11) is -4.26. The molecule has 1 aliphatic carbocycles. The summed E-state index contributed by atoms with van der Waals surface area (Å²) < 4.78 is 102. The first-order chi connectivity index (χ1) is 22.8. The quantitative estimate of drug-likeness (QED) is 0.136. The highest BCUT2D eigenvalue weighted by Gasteiger charge is 2.43. The zero-order chi connectivity index (χ0) is 33.8. The van der Waals surface area contributed by atoms with Gasteiger partial charge in [-0.05, 0) is 62.8 Å². The molecule has 2 aromatic heterocycles. The first kappa shape index (κ1) is 32.7. The zero-order valence-corrected chi connectivity index (χ0v) is 26.8. The van der Waals surface area contributed by atoms with Crippen LogP contribution in [0.5, 0.6) is 5.75 Å². The summed E-state index contributed by atoms with van der Waals surface area (Å²) in [4.78, 5) is 19.3. The van der Waals surface area contributed by atoms with Gasteiger partial charge in [-0.2, -0.15) is 8.42 Å². The number of carbonyl (C=O) groups is 1. The molecule has 7 rings (SSSR count). The van der Waals surface area contributed by atoms with Gasteiger partial charge in [0.2, 0.25) is 0 Å². The van der Waals surface area contributed by atoms with E-state index in [0.717, 1.165) is 31.7 Å². The number of hydrogen-bond donors (Lipinski definition) is 2. The molecule has 2 aromatic carbocycles. The van der Waals surface area contributed by atoms with Crippen molar-refractivity contribution < 1.29 is 49.3 Å². The molecule has 0 spiro atoms. The number of thiazole rings is 1.